The van der Waals surface area contributed by atoms with E-state index < -0.39 is 0 Å². The number of hydrogen-bond donors (Lipinski definition) is 1. The van der Waals surface area contributed by atoms with Crippen LogP contribution in [0.5, 0.6) is 0 Å². The molecule has 0 aliphatic heterocycles. The Bertz CT molecular complexity index is 420. The smallest absolute Gasteiger partial charge is 0.193 e. The van der Waals surface area contributed by atoms with E-state index in [1.807, 2.05) is 6.20 Å². The van der Waals surface area contributed by atoms with Crippen LogP contribution >= 0.6 is 27.3 Å². The lowest BCUT2D eigenvalue weighted by molar-refractivity contribution is 0.512. The SMILES string of the molecule is CC(Br)CC(C)NCc1cn2ccsc2n1. The van der Waals surface area contributed by atoms with Crippen LogP contribution in [0.4, 0.5) is 0 Å². The molecule has 88 valence electrons. The van der Waals surface area contributed by atoms with E-state index in [0.717, 1.165) is 23.6 Å². The van der Waals surface area contributed by atoms with Crippen molar-refractivity contribution in [3.8, 4) is 0 Å². The highest BCUT2D eigenvalue weighted by Gasteiger charge is 2.07. The summed E-state index contributed by atoms with van der Waals surface area (Å²) in [7, 11) is 0. The van der Waals surface area contributed by atoms with Gasteiger partial charge in [0, 0.05) is 35.2 Å². The molecule has 2 rings (SSSR count). The van der Waals surface area contributed by atoms with Gasteiger partial charge in [-0.1, -0.05) is 22.9 Å². The summed E-state index contributed by atoms with van der Waals surface area (Å²) in [5, 5.41) is 5.53. The van der Waals surface area contributed by atoms with Gasteiger partial charge in [0.25, 0.3) is 0 Å². The second-order valence-corrected chi connectivity index (χ2v) is 6.56. The summed E-state index contributed by atoms with van der Waals surface area (Å²) in [6, 6.07) is 0.508. The number of fused-ring (bicyclic) bond motifs is 1. The van der Waals surface area contributed by atoms with Gasteiger partial charge in [-0.3, -0.25) is 4.40 Å². The molecular weight excluding hydrogens is 286 g/mol. The fraction of sp³-hybridized carbons (Fsp3) is 0.545. The van der Waals surface area contributed by atoms with Crippen molar-refractivity contribution in [2.45, 2.75) is 37.7 Å². The van der Waals surface area contributed by atoms with Gasteiger partial charge in [0.1, 0.15) is 0 Å². The molecule has 0 spiro atoms. The largest absolute Gasteiger partial charge is 0.309 e. The van der Waals surface area contributed by atoms with Gasteiger partial charge in [-0.15, -0.1) is 11.3 Å². The van der Waals surface area contributed by atoms with Gasteiger partial charge in [0.15, 0.2) is 4.96 Å². The first kappa shape index (κ1) is 12.1. The normalized spacial score (nSPS) is 15.4. The number of aromatic nitrogens is 2. The Hall–Kier alpha value is -0.390. The number of thiazole rings is 1. The maximum atomic E-state index is 4.53. The van der Waals surface area contributed by atoms with Crippen molar-refractivity contribution < 1.29 is 0 Å². The van der Waals surface area contributed by atoms with Gasteiger partial charge in [-0.25, -0.2) is 4.98 Å². The predicted octanol–water partition coefficient (Wildman–Crippen LogP) is 3.05. The minimum absolute atomic E-state index is 0.508. The van der Waals surface area contributed by atoms with Crippen molar-refractivity contribution in [3.63, 3.8) is 0 Å². The predicted molar refractivity (Wildman–Crippen MR) is 72.4 cm³/mol. The average Bonchev–Trinajstić information content (AvgIpc) is 2.72. The Morgan fingerprint density at radius 3 is 3.06 bits per heavy atom. The van der Waals surface area contributed by atoms with Gasteiger partial charge in [0.2, 0.25) is 0 Å². The lowest BCUT2D eigenvalue weighted by atomic mass is 10.2. The Balaban J connectivity index is 1.88. The third-order valence-electron chi connectivity index (χ3n) is 2.45. The summed E-state index contributed by atoms with van der Waals surface area (Å²) in [6.45, 7) is 5.22. The molecule has 1 N–H and O–H groups in total. The third kappa shape index (κ3) is 3.06. The molecule has 0 aliphatic rings. The van der Waals surface area contributed by atoms with E-state index in [9.17, 15) is 0 Å². The quantitative estimate of drug-likeness (QED) is 0.860. The number of imidazole rings is 1. The Morgan fingerprint density at radius 1 is 1.56 bits per heavy atom. The Labute approximate surface area is 108 Å². The van der Waals surface area contributed by atoms with E-state index in [0.29, 0.717) is 10.9 Å². The number of rotatable bonds is 5. The molecule has 2 unspecified atom stereocenters. The summed E-state index contributed by atoms with van der Waals surface area (Å²) in [5.74, 6) is 0. The monoisotopic (exact) mass is 301 g/mol. The van der Waals surface area contributed by atoms with E-state index >= 15 is 0 Å². The van der Waals surface area contributed by atoms with Gasteiger partial charge >= 0.3 is 0 Å². The van der Waals surface area contributed by atoms with Gasteiger partial charge < -0.3 is 5.32 Å². The van der Waals surface area contributed by atoms with Crippen LogP contribution in [-0.4, -0.2) is 20.3 Å². The summed E-state index contributed by atoms with van der Waals surface area (Å²) in [5.41, 5.74) is 1.11. The van der Waals surface area contributed by atoms with Crippen molar-refractivity contribution in [3.05, 3.63) is 23.5 Å². The lowest BCUT2D eigenvalue weighted by Crippen LogP contribution is -2.27. The highest BCUT2D eigenvalue weighted by molar-refractivity contribution is 9.09. The molecule has 0 bridgehead atoms. The highest BCUT2D eigenvalue weighted by Crippen LogP contribution is 2.12. The Kier molecular flexibility index (Phi) is 4.00. The molecule has 2 atom stereocenters. The molecule has 0 fully saturated rings. The molecule has 0 radical (unpaired) electrons. The Morgan fingerprint density at radius 2 is 2.38 bits per heavy atom. The van der Waals surface area contributed by atoms with Gasteiger partial charge in [0.05, 0.1) is 5.69 Å². The standard InChI is InChI=1S/C11H16BrN3S/c1-8(12)5-9(2)13-6-10-7-15-3-4-16-11(15)14-10/h3-4,7-9,13H,5-6H2,1-2H3. The van der Waals surface area contributed by atoms with Crippen molar-refractivity contribution in [2.75, 3.05) is 0 Å². The lowest BCUT2D eigenvalue weighted by Gasteiger charge is -2.13. The summed E-state index contributed by atoms with van der Waals surface area (Å²) in [4.78, 5) is 6.15. The first-order valence-corrected chi connectivity index (χ1v) is 7.23. The van der Waals surface area contributed by atoms with Crippen molar-refractivity contribution >= 4 is 32.2 Å². The molecule has 2 aromatic rings. The number of alkyl halides is 1. The van der Waals surface area contributed by atoms with Crippen molar-refractivity contribution in [2.24, 2.45) is 0 Å². The molecule has 0 aliphatic carbocycles. The van der Waals surface area contributed by atoms with Crippen LogP contribution < -0.4 is 5.32 Å². The maximum Gasteiger partial charge on any atom is 0.193 e. The highest BCUT2D eigenvalue weighted by atomic mass is 79.9. The molecule has 2 heterocycles. The summed E-state index contributed by atoms with van der Waals surface area (Å²) >= 11 is 5.23. The maximum absolute atomic E-state index is 4.53. The van der Waals surface area contributed by atoms with E-state index in [2.05, 4.69) is 56.1 Å². The average molecular weight is 302 g/mol. The van der Waals surface area contributed by atoms with Crippen molar-refractivity contribution in [1.82, 2.24) is 14.7 Å². The molecule has 3 nitrogen and oxygen atoms in total. The molecule has 0 saturated carbocycles. The molecule has 0 saturated heterocycles. The number of nitrogens with one attached hydrogen (secondary N) is 1. The number of halogens is 1. The van der Waals surface area contributed by atoms with Crippen LogP contribution in [0.2, 0.25) is 0 Å². The first-order valence-electron chi connectivity index (χ1n) is 5.43. The fourth-order valence-corrected chi connectivity index (χ4v) is 2.99. The molecule has 16 heavy (non-hydrogen) atoms. The minimum Gasteiger partial charge on any atom is -0.309 e. The molecule has 0 amide bonds. The molecule has 5 heteroatoms. The molecule has 0 aromatic carbocycles. The zero-order valence-corrected chi connectivity index (χ0v) is 11.9. The second kappa shape index (κ2) is 5.29. The first-order chi connectivity index (χ1) is 7.65. The van der Waals surface area contributed by atoms with E-state index in [4.69, 9.17) is 0 Å². The zero-order chi connectivity index (χ0) is 11.5. The van der Waals surface area contributed by atoms with Crippen LogP contribution in [-0.2, 0) is 6.54 Å². The minimum atomic E-state index is 0.508. The number of hydrogen-bond acceptors (Lipinski definition) is 3. The third-order valence-corrected chi connectivity index (χ3v) is 3.60. The van der Waals surface area contributed by atoms with Gasteiger partial charge in [-0.05, 0) is 13.3 Å². The second-order valence-electron chi connectivity index (χ2n) is 4.12. The molecular formula is C11H16BrN3S. The van der Waals surface area contributed by atoms with Crippen LogP contribution in [0.25, 0.3) is 4.96 Å². The van der Waals surface area contributed by atoms with Crippen LogP contribution in [0.1, 0.15) is 26.0 Å². The zero-order valence-electron chi connectivity index (χ0n) is 9.48. The van der Waals surface area contributed by atoms with E-state index in [1.54, 1.807) is 11.3 Å². The van der Waals surface area contributed by atoms with Crippen LogP contribution in [0, 0.1) is 0 Å². The summed E-state index contributed by atoms with van der Waals surface area (Å²) < 4.78 is 2.07. The number of nitrogens with zero attached hydrogens (tertiary/aromatic N) is 2. The van der Waals surface area contributed by atoms with Crippen LogP contribution in [0.3, 0.4) is 0 Å². The van der Waals surface area contributed by atoms with Gasteiger partial charge in [-0.2, -0.15) is 0 Å². The molecule has 2 aromatic heterocycles. The topological polar surface area (TPSA) is 29.3 Å². The summed E-state index contributed by atoms with van der Waals surface area (Å²) in [6.07, 6.45) is 5.26. The van der Waals surface area contributed by atoms with Crippen molar-refractivity contribution in [1.29, 1.82) is 0 Å². The van der Waals surface area contributed by atoms with E-state index in [-0.39, 0.29) is 0 Å². The van der Waals surface area contributed by atoms with E-state index in [1.165, 1.54) is 0 Å². The van der Waals surface area contributed by atoms with Crippen LogP contribution in [0.15, 0.2) is 17.8 Å². The fourth-order valence-electron chi connectivity index (χ4n) is 1.71.